The van der Waals surface area contributed by atoms with E-state index in [0.717, 1.165) is 12.8 Å². The zero-order valence-electron chi connectivity index (χ0n) is 12.4. The second-order valence-corrected chi connectivity index (χ2v) is 5.78. The lowest BCUT2D eigenvalue weighted by molar-refractivity contribution is -0.133. The SMILES string of the molecule is CCCCCCCCCC(S)C(=O)Oc1ccccc1. The molecule has 2 nitrogen and oxygen atoms in total. The van der Waals surface area contributed by atoms with Crippen LogP contribution in [0.15, 0.2) is 30.3 Å². The van der Waals surface area contributed by atoms with Crippen molar-refractivity contribution in [1.82, 2.24) is 0 Å². The Bertz CT molecular complexity index is 365. The molecule has 0 saturated heterocycles. The summed E-state index contributed by atoms with van der Waals surface area (Å²) in [6.07, 6.45) is 9.53. The third-order valence-electron chi connectivity index (χ3n) is 3.31. The quantitative estimate of drug-likeness (QED) is 0.283. The van der Waals surface area contributed by atoms with E-state index in [1.165, 1.54) is 38.5 Å². The van der Waals surface area contributed by atoms with E-state index in [1.807, 2.05) is 18.2 Å². The van der Waals surface area contributed by atoms with Crippen molar-refractivity contribution < 1.29 is 9.53 Å². The number of thiol groups is 1. The number of hydrogen-bond acceptors (Lipinski definition) is 3. The van der Waals surface area contributed by atoms with Crippen molar-refractivity contribution in [3.05, 3.63) is 30.3 Å². The number of para-hydroxylation sites is 1. The molecule has 0 aromatic heterocycles. The van der Waals surface area contributed by atoms with Crippen LogP contribution in [0.3, 0.4) is 0 Å². The van der Waals surface area contributed by atoms with Gasteiger partial charge in [-0.05, 0) is 18.6 Å². The van der Waals surface area contributed by atoms with Gasteiger partial charge in [-0.2, -0.15) is 12.6 Å². The van der Waals surface area contributed by atoms with Crippen molar-refractivity contribution in [2.24, 2.45) is 0 Å². The van der Waals surface area contributed by atoms with Crippen molar-refractivity contribution >= 4 is 18.6 Å². The first-order valence-corrected chi connectivity index (χ1v) is 8.20. The summed E-state index contributed by atoms with van der Waals surface area (Å²) < 4.78 is 5.27. The van der Waals surface area contributed by atoms with Crippen LogP contribution in [0.25, 0.3) is 0 Å². The van der Waals surface area contributed by atoms with Gasteiger partial charge in [-0.3, -0.25) is 4.79 Å². The first-order valence-electron chi connectivity index (χ1n) is 7.69. The predicted molar refractivity (Wildman–Crippen MR) is 87.5 cm³/mol. The maximum absolute atomic E-state index is 11.8. The van der Waals surface area contributed by atoms with Crippen molar-refractivity contribution in [2.75, 3.05) is 0 Å². The Morgan fingerprint density at radius 2 is 1.65 bits per heavy atom. The van der Waals surface area contributed by atoms with Crippen molar-refractivity contribution in [3.8, 4) is 5.75 Å². The molecule has 1 aromatic carbocycles. The highest BCUT2D eigenvalue weighted by Crippen LogP contribution is 2.15. The van der Waals surface area contributed by atoms with Crippen molar-refractivity contribution in [1.29, 1.82) is 0 Å². The van der Waals surface area contributed by atoms with Crippen LogP contribution in [0, 0.1) is 0 Å². The average Bonchev–Trinajstić information content (AvgIpc) is 2.47. The Hall–Kier alpha value is -0.960. The van der Waals surface area contributed by atoms with E-state index in [4.69, 9.17) is 4.74 Å². The third kappa shape index (κ3) is 7.59. The zero-order valence-corrected chi connectivity index (χ0v) is 13.3. The van der Waals surface area contributed by atoms with Crippen LogP contribution in [-0.4, -0.2) is 11.2 Å². The summed E-state index contributed by atoms with van der Waals surface area (Å²) in [5.74, 6) is 0.349. The summed E-state index contributed by atoms with van der Waals surface area (Å²) in [4.78, 5) is 11.8. The first kappa shape index (κ1) is 17.1. The van der Waals surface area contributed by atoms with E-state index in [2.05, 4.69) is 19.6 Å². The van der Waals surface area contributed by atoms with Crippen LogP contribution in [0.4, 0.5) is 0 Å². The molecule has 0 spiro atoms. The number of ether oxygens (including phenoxy) is 1. The lowest BCUT2D eigenvalue weighted by Gasteiger charge is -2.10. The molecule has 1 atom stereocenters. The summed E-state index contributed by atoms with van der Waals surface area (Å²) in [5, 5.41) is -0.314. The van der Waals surface area contributed by atoms with Gasteiger partial charge < -0.3 is 4.74 Å². The summed E-state index contributed by atoms with van der Waals surface area (Å²) in [6, 6.07) is 9.17. The standard InChI is InChI=1S/C17H26O2S/c1-2-3-4-5-6-7-11-14-16(20)17(18)19-15-12-9-8-10-13-15/h8-10,12-13,16,20H,2-7,11,14H2,1H3. The minimum absolute atomic E-state index is 0.245. The van der Waals surface area contributed by atoms with Gasteiger partial charge in [0.1, 0.15) is 5.75 Å². The molecular weight excluding hydrogens is 268 g/mol. The number of unbranched alkanes of at least 4 members (excludes halogenated alkanes) is 6. The van der Waals surface area contributed by atoms with Crippen LogP contribution >= 0.6 is 12.6 Å². The smallest absolute Gasteiger partial charge is 0.324 e. The van der Waals surface area contributed by atoms with Gasteiger partial charge in [0.2, 0.25) is 0 Å². The van der Waals surface area contributed by atoms with E-state index >= 15 is 0 Å². The fourth-order valence-corrected chi connectivity index (χ4v) is 2.32. The van der Waals surface area contributed by atoms with Crippen molar-refractivity contribution in [3.63, 3.8) is 0 Å². The fraction of sp³-hybridized carbons (Fsp3) is 0.588. The van der Waals surface area contributed by atoms with E-state index in [-0.39, 0.29) is 11.2 Å². The van der Waals surface area contributed by atoms with Gasteiger partial charge in [0.25, 0.3) is 0 Å². The molecule has 1 rings (SSSR count). The van der Waals surface area contributed by atoms with E-state index in [0.29, 0.717) is 5.75 Å². The van der Waals surface area contributed by atoms with Gasteiger partial charge in [0, 0.05) is 0 Å². The second kappa shape index (κ2) is 10.8. The molecule has 0 aliphatic rings. The van der Waals surface area contributed by atoms with Gasteiger partial charge in [-0.15, -0.1) is 0 Å². The Labute approximate surface area is 128 Å². The number of rotatable bonds is 10. The highest BCUT2D eigenvalue weighted by atomic mass is 32.1. The maximum atomic E-state index is 11.8. The van der Waals surface area contributed by atoms with Crippen LogP contribution in [0.5, 0.6) is 5.75 Å². The van der Waals surface area contributed by atoms with Gasteiger partial charge in [-0.1, -0.05) is 70.1 Å². The van der Waals surface area contributed by atoms with Gasteiger partial charge >= 0.3 is 5.97 Å². The summed E-state index contributed by atoms with van der Waals surface area (Å²) >= 11 is 4.34. The van der Waals surface area contributed by atoms with Crippen LogP contribution in [0.1, 0.15) is 58.3 Å². The fourth-order valence-electron chi connectivity index (χ4n) is 2.09. The lowest BCUT2D eigenvalue weighted by Crippen LogP contribution is -2.20. The molecule has 1 unspecified atom stereocenters. The van der Waals surface area contributed by atoms with Gasteiger partial charge in [0.15, 0.2) is 0 Å². The van der Waals surface area contributed by atoms with Gasteiger partial charge in [-0.25, -0.2) is 0 Å². The first-order chi connectivity index (χ1) is 9.74. The average molecular weight is 294 g/mol. The number of esters is 1. The molecule has 0 radical (unpaired) electrons. The van der Waals surface area contributed by atoms with Crippen LogP contribution in [-0.2, 0) is 4.79 Å². The molecule has 0 N–H and O–H groups in total. The Morgan fingerprint density at radius 3 is 2.30 bits per heavy atom. The molecule has 0 heterocycles. The molecular formula is C17H26O2S. The molecule has 0 aliphatic heterocycles. The molecule has 0 amide bonds. The Morgan fingerprint density at radius 1 is 1.05 bits per heavy atom. The Kier molecular flexibility index (Phi) is 9.22. The van der Waals surface area contributed by atoms with E-state index in [1.54, 1.807) is 12.1 Å². The maximum Gasteiger partial charge on any atom is 0.324 e. The molecule has 1 aromatic rings. The lowest BCUT2D eigenvalue weighted by atomic mass is 10.1. The minimum Gasteiger partial charge on any atom is -0.426 e. The normalized spacial score (nSPS) is 12.1. The van der Waals surface area contributed by atoms with Crippen LogP contribution in [0.2, 0.25) is 0 Å². The molecule has 0 aliphatic carbocycles. The number of hydrogen-bond donors (Lipinski definition) is 1. The largest absolute Gasteiger partial charge is 0.426 e. The minimum atomic E-state index is -0.314. The number of carbonyl (C=O) groups excluding carboxylic acids is 1. The highest BCUT2D eigenvalue weighted by Gasteiger charge is 2.15. The topological polar surface area (TPSA) is 26.3 Å². The van der Waals surface area contributed by atoms with Gasteiger partial charge in [0.05, 0.1) is 5.25 Å². The summed E-state index contributed by atoms with van der Waals surface area (Å²) in [7, 11) is 0. The zero-order chi connectivity index (χ0) is 14.6. The van der Waals surface area contributed by atoms with Crippen LogP contribution < -0.4 is 4.74 Å². The Balaban J connectivity index is 2.10. The van der Waals surface area contributed by atoms with Crippen molar-refractivity contribution in [2.45, 2.75) is 63.5 Å². The van der Waals surface area contributed by atoms with E-state index in [9.17, 15) is 4.79 Å². The molecule has 0 fully saturated rings. The third-order valence-corrected chi connectivity index (χ3v) is 3.78. The second-order valence-electron chi connectivity index (χ2n) is 5.16. The summed E-state index contributed by atoms with van der Waals surface area (Å²) in [6.45, 7) is 2.23. The number of carbonyl (C=O) groups is 1. The highest BCUT2D eigenvalue weighted by molar-refractivity contribution is 7.81. The predicted octanol–water partition coefficient (Wildman–Crippen LogP) is 5.03. The molecule has 20 heavy (non-hydrogen) atoms. The monoisotopic (exact) mass is 294 g/mol. The number of benzene rings is 1. The summed E-state index contributed by atoms with van der Waals surface area (Å²) in [5.41, 5.74) is 0. The molecule has 0 saturated carbocycles. The molecule has 112 valence electrons. The van der Waals surface area contributed by atoms with E-state index < -0.39 is 0 Å². The molecule has 3 heteroatoms. The molecule has 0 bridgehead atoms.